The SMILES string of the molecule is COc1ccc(Br)cc1CC(C)(O)Cc1ccc(Br)cc1. The highest BCUT2D eigenvalue weighted by Gasteiger charge is 2.23. The summed E-state index contributed by atoms with van der Waals surface area (Å²) in [5, 5.41) is 10.7. The predicted molar refractivity (Wildman–Crippen MR) is 92.9 cm³/mol. The van der Waals surface area contributed by atoms with Crippen LogP contribution in [0.3, 0.4) is 0 Å². The van der Waals surface area contributed by atoms with Crippen LogP contribution in [0.25, 0.3) is 0 Å². The molecular formula is C17H18Br2O2. The van der Waals surface area contributed by atoms with E-state index in [1.807, 2.05) is 49.4 Å². The number of halogens is 2. The van der Waals surface area contributed by atoms with Crippen molar-refractivity contribution >= 4 is 31.9 Å². The molecule has 0 amide bonds. The van der Waals surface area contributed by atoms with E-state index < -0.39 is 5.60 Å². The highest BCUT2D eigenvalue weighted by atomic mass is 79.9. The van der Waals surface area contributed by atoms with Crippen molar-refractivity contribution in [3.8, 4) is 5.75 Å². The van der Waals surface area contributed by atoms with E-state index in [4.69, 9.17) is 4.74 Å². The summed E-state index contributed by atoms with van der Waals surface area (Å²) in [4.78, 5) is 0. The number of benzene rings is 2. The molecule has 2 rings (SSSR count). The summed E-state index contributed by atoms with van der Waals surface area (Å²) >= 11 is 6.89. The molecule has 0 fully saturated rings. The molecule has 4 heteroatoms. The molecule has 21 heavy (non-hydrogen) atoms. The van der Waals surface area contributed by atoms with Crippen LogP contribution in [0.1, 0.15) is 18.1 Å². The minimum Gasteiger partial charge on any atom is -0.496 e. The molecule has 0 aliphatic carbocycles. The van der Waals surface area contributed by atoms with Crippen LogP contribution in [-0.4, -0.2) is 17.8 Å². The molecule has 0 aromatic heterocycles. The third-order valence-electron chi connectivity index (χ3n) is 3.31. The maximum Gasteiger partial charge on any atom is 0.122 e. The molecule has 112 valence electrons. The largest absolute Gasteiger partial charge is 0.496 e. The lowest BCUT2D eigenvalue weighted by Crippen LogP contribution is -2.30. The number of aliphatic hydroxyl groups is 1. The van der Waals surface area contributed by atoms with E-state index in [1.54, 1.807) is 7.11 Å². The van der Waals surface area contributed by atoms with E-state index in [0.717, 1.165) is 25.8 Å². The van der Waals surface area contributed by atoms with Crippen molar-refractivity contribution < 1.29 is 9.84 Å². The molecule has 0 saturated heterocycles. The quantitative estimate of drug-likeness (QED) is 0.765. The summed E-state index contributed by atoms with van der Waals surface area (Å²) < 4.78 is 7.40. The fourth-order valence-electron chi connectivity index (χ4n) is 2.40. The maximum atomic E-state index is 10.7. The third kappa shape index (κ3) is 4.83. The van der Waals surface area contributed by atoms with Gasteiger partial charge in [0, 0.05) is 21.8 Å². The highest BCUT2D eigenvalue weighted by Crippen LogP contribution is 2.28. The number of methoxy groups -OCH3 is 1. The molecule has 0 bridgehead atoms. The summed E-state index contributed by atoms with van der Waals surface area (Å²) in [5.74, 6) is 0.800. The number of hydrogen-bond donors (Lipinski definition) is 1. The second-order valence-electron chi connectivity index (χ2n) is 5.43. The second kappa shape index (κ2) is 6.95. The Labute approximate surface area is 142 Å². The molecule has 0 saturated carbocycles. The Kier molecular flexibility index (Phi) is 5.47. The Morgan fingerprint density at radius 1 is 1.00 bits per heavy atom. The fourth-order valence-corrected chi connectivity index (χ4v) is 3.07. The van der Waals surface area contributed by atoms with Crippen LogP contribution in [0, 0.1) is 0 Å². The van der Waals surface area contributed by atoms with Crippen LogP contribution in [0.5, 0.6) is 5.75 Å². The van der Waals surface area contributed by atoms with Gasteiger partial charge in [0.2, 0.25) is 0 Å². The van der Waals surface area contributed by atoms with Gasteiger partial charge in [-0.3, -0.25) is 0 Å². The third-order valence-corrected chi connectivity index (χ3v) is 4.33. The first-order chi connectivity index (χ1) is 9.89. The van der Waals surface area contributed by atoms with Gasteiger partial charge >= 0.3 is 0 Å². The molecule has 0 aliphatic heterocycles. The van der Waals surface area contributed by atoms with E-state index in [2.05, 4.69) is 31.9 Å². The van der Waals surface area contributed by atoms with E-state index in [1.165, 1.54) is 0 Å². The summed E-state index contributed by atoms with van der Waals surface area (Å²) in [6.07, 6.45) is 1.13. The molecular weight excluding hydrogens is 396 g/mol. The van der Waals surface area contributed by atoms with Crippen LogP contribution < -0.4 is 4.74 Å². The van der Waals surface area contributed by atoms with Gasteiger partial charge in [0.1, 0.15) is 5.75 Å². The van der Waals surface area contributed by atoms with Crippen LogP contribution in [0.15, 0.2) is 51.4 Å². The zero-order chi connectivity index (χ0) is 15.5. The Bertz CT molecular complexity index is 607. The summed E-state index contributed by atoms with van der Waals surface area (Å²) in [7, 11) is 1.65. The van der Waals surface area contributed by atoms with Crippen molar-refractivity contribution in [2.24, 2.45) is 0 Å². The first-order valence-electron chi connectivity index (χ1n) is 6.69. The van der Waals surface area contributed by atoms with Crippen LogP contribution in [0.4, 0.5) is 0 Å². The van der Waals surface area contributed by atoms with Crippen molar-refractivity contribution in [1.82, 2.24) is 0 Å². The molecule has 1 atom stereocenters. The van der Waals surface area contributed by atoms with Gasteiger partial charge in [0.05, 0.1) is 12.7 Å². The van der Waals surface area contributed by atoms with Gasteiger partial charge in [-0.05, 0) is 48.4 Å². The van der Waals surface area contributed by atoms with Crippen molar-refractivity contribution in [1.29, 1.82) is 0 Å². The molecule has 0 heterocycles. The highest BCUT2D eigenvalue weighted by molar-refractivity contribution is 9.10. The topological polar surface area (TPSA) is 29.5 Å². The summed E-state index contributed by atoms with van der Waals surface area (Å²) in [5.41, 5.74) is 1.27. The normalized spacial score (nSPS) is 13.8. The average molecular weight is 414 g/mol. The van der Waals surface area contributed by atoms with Gasteiger partial charge in [0.15, 0.2) is 0 Å². The van der Waals surface area contributed by atoms with Gasteiger partial charge < -0.3 is 9.84 Å². The molecule has 2 aromatic carbocycles. The van der Waals surface area contributed by atoms with Gasteiger partial charge in [-0.15, -0.1) is 0 Å². The van der Waals surface area contributed by atoms with E-state index >= 15 is 0 Å². The second-order valence-corrected chi connectivity index (χ2v) is 7.26. The Morgan fingerprint density at radius 2 is 1.62 bits per heavy atom. The minimum absolute atomic E-state index is 0.533. The molecule has 0 aliphatic rings. The first kappa shape index (κ1) is 16.5. The number of rotatable bonds is 5. The molecule has 2 nitrogen and oxygen atoms in total. The van der Waals surface area contributed by atoms with Gasteiger partial charge in [-0.2, -0.15) is 0 Å². The van der Waals surface area contributed by atoms with Crippen molar-refractivity contribution in [2.45, 2.75) is 25.4 Å². The van der Waals surface area contributed by atoms with Crippen molar-refractivity contribution in [3.63, 3.8) is 0 Å². The Hall–Kier alpha value is -0.840. The minimum atomic E-state index is -0.831. The average Bonchev–Trinajstić information content (AvgIpc) is 2.41. The van der Waals surface area contributed by atoms with Gasteiger partial charge in [-0.25, -0.2) is 0 Å². The zero-order valence-corrected chi connectivity index (χ0v) is 15.2. The van der Waals surface area contributed by atoms with Crippen LogP contribution in [-0.2, 0) is 12.8 Å². The summed E-state index contributed by atoms with van der Waals surface area (Å²) in [6, 6.07) is 13.9. The van der Waals surface area contributed by atoms with E-state index in [0.29, 0.717) is 12.8 Å². The maximum absolute atomic E-state index is 10.7. The van der Waals surface area contributed by atoms with E-state index in [9.17, 15) is 5.11 Å². The standard InChI is InChI=1S/C17H18Br2O2/c1-17(20,10-12-3-5-14(18)6-4-12)11-13-9-15(19)7-8-16(13)21-2/h3-9,20H,10-11H2,1-2H3. The zero-order valence-electron chi connectivity index (χ0n) is 12.1. The van der Waals surface area contributed by atoms with Crippen LogP contribution >= 0.6 is 31.9 Å². The lowest BCUT2D eigenvalue weighted by Gasteiger charge is -2.24. The van der Waals surface area contributed by atoms with Crippen LogP contribution in [0.2, 0.25) is 0 Å². The van der Waals surface area contributed by atoms with Gasteiger partial charge in [0.25, 0.3) is 0 Å². The van der Waals surface area contributed by atoms with Crippen molar-refractivity contribution in [3.05, 3.63) is 62.5 Å². The predicted octanol–water partition coefficient (Wildman–Crippen LogP) is 4.76. The van der Waals surface area contributed by atoms with E-state index in [-0.39, 0.29) is 0 Å². The Balaban J connectivity index is 2.16. The number of ether oxygens (including phenoxy) is 1. The summed E-state index contributed by atoms with van der Waals surface area (Å²) in [6.45, 7) is 1.86. The first-order valence-corrected chi connectivity index (χ1v) is 8.27. The lowest BCUT2D eigenvalue weighted by molar-refractivity contribution is 0.0602. The van der Waals surface area contributed by atoms with Gasteiger partial charge in [-0.1, -0.05) is 44.0 Å². The number of hydrogen-bond acceptors (Lipinski definition) is 2. The lowest BCUT2D eigenvalue weighted by atomic mass is 9.89. The molecule has 0 radical (unpaired) electrons. The Morgan fingerprint density at radius 3 is 2.24 bits per heavy atom. The van der Waals surface area contributed by atoms with Crippen molar-refractivity contribution in [2.75, 3.05) is 7.11 Å². The smallest absolute Gasteiger partial charge is 0.122 e. The monoisotopic (exact) mass is 412 g/mol. The fraction of sp³-hybridized carbons (Fsp3) is 0.294. The molecule has 2 aromatic rings. The molecule has 1 unspecified atom stereocenters. The molecule has 1 N–H and O–H groups in total. The molecule has 0 spiro atoms.